The largest absolute Gasteiger partial charge is 0.394 e. The van der Waals surface area contributed by atoms with Gasteiger partial charge < -0.3 is 15.4 Å². The Kier molecular flexibility index (Phi) is 4.56. The molecule has 5 nitrogen and oxygen atoms in total. The molecule has 3 aromatic carbocycles. The van der Waals surface area contributed by atoms with Gasteiger partial charge in [0.15, 0.2) is 0 Å². The first-order valence-corrected chi connectivity index (χ1v) is 8.67. The van der Waals surface area contributed by atoms with Crippen LogP contribution < -0.4 is 5.32 Å². The molecule has 27 heavy (non-hydrogen) atoms. The van der Waals surface area contributed by atoms with Gasteiger partial charge in [-0.3, -0.25) is 4.79 Å². The molecular formula is C21H18FN3O2. The molecule has 0 saturated carbocycles. The Labute approximate surface area is 154 Å². The van der Waals surface area contributed by atoms with Crippen LogP contribution in [0.15, 0.2) is 60.7 Å². The van der Waals surface area contributed by atoms with Crippen molar-refractivity contribution in [1.29, 1.82) is 0 Å². The predicted octanol–water partition coefficient (Wildman–Crippen LogP) is 3.19. The number of hydrogen-bond acceptors (Lipinski definition) is 3. The van der Waals surface area contributed by atoms with Crippen LogP contribution in [0.1, 0.15) is 16.2 Å². The summed E-state index contributed by atoms with van der Waals surface area (Å²) in [7, 11) is 0. The number of carbonyl (C=O) groups excluding carboxylic acids is 1. The molecule has 0 bridgehead atoms. The Balaban J connectivity index is 1.50. The van der Waals surface area contributed by atoms with E-state index in [-0.39, 0.29) is 18.3 Å². The summed E-state index contributed by atoms with van der Waals surface area (Å²) in [6, 6.07) is 17.1. The summed E-state index contributed by atoms with van der Waals surface area (Å²) >= 11 is 0. The third-order valence-electron chi connectivity index (χ3n) is 4.50. The fourth-order valence-corrected chi connectivity index (χ4v) is 3.13. The molecule has 4 aromatic rings. The summed E-state index contributed by atoms with van der Waals surface area (Å²) < 4.78 is 13.3. The second-order valence-corrected chi connectivity index (χ2v) is 6.46. The summed E-state index contributed by atoms with van der Waals surface area (Å²) in [5, 5.41) is 14.5. The van der Waals surface area contributed by atoms with Crippen LogP contribution in [0.2, 0.25) is 0 Å². The van der Waals surface area contributed by atoms with Crippen LogP contribution in [0.3, 0.4) is 0 Å². The lowest BCUT2D eigenvalue weighted by Crippen LogP contribution is -2.39. The molecular weight excluding hydrogens is 345 g/mol. The molecule has 1 amide bonds. The molecule has 0 radical (unpaired) electrons. The highest BCUT2D eigenvalue weighted by molar-refractivity contribution is 5.98. The topological polar surface area (TPSA) is 78.0 Å². The van der Waals surface area contributed by atoms with Gasteiger partial charge in [-0.2, -0.15) is 0 Å². The van der Waals surface area contributed by atoms with E-state index in [1.165, 1.54) is 12.1 Å². The van der Waals surface area contributed by atoms with Crippen molar-refractivity contribution in [3.63, 3.8) is 0 Å². The summed E-state index contributed by atoms with van der Waals surface area (Å²) in [4.78, 5) is 20.0. The molecule has 0 fully saturated rings. The molecule has 1 atom stereocenters. The Morgan fingerprint density at radius 3 is 2.74 bits per heavy atom. The molecule has 0 aliphatic rings. The number of aromatic nitrogens is 2. The molecule has 3 N–H and O–H groups in total. The number of amides is 1. The lowest BCUT2D eigenvalue weighted by molar-refractivity contribution is 0.0916. The number of nitrogens with zero attached hydrogens (tertiary/aromatic N) is 1. The van der Waals surface area contributed by atoms with Crippen molar-refractivity contribution in [2.24, 2.45) is 0 Å². The fourth-order valence-electron chi connectivity index (χ4n) is 3.13. The summed E-state index contributed by atoms with van der Waals surface area (Å²) in [6.07, 6.45) is 0.312. The summed E-state index contributed by atoms with van der Waals surface area (Å²) in [5.74, 6) is -0.0311. The van der Waals surface area contributed by atoms with Crippen molar-refractivity contribution in [3.05, 3.63) is 77.9 Å². The van der Waals surface area contributed by atoms with Gasteiger partial charge in [0.25, 0.3) is 5.91 Å². The molecule has 136 valence electrons. The van der Waals surface area contributed by atoms with Crippen molar-refractivity contribution in [3.8, 4) is 0 Å². The van der Waals surface area contributed by atoms with Gasteiger partial charge in [-0.25, -0.2) is 9.37 Å². The average molecular weight is 363 g/mol. The molecule has 0 spiro atoms. The second kappa shape index (κ2) is 7.17. The van der Waals surface area contributed by atoms with E-state index in [9.17, 15) is 14.3 Å². The number of carbonyl (C=O) groups is 1. The number of aromatic amines is 1. The van der Waals surface area contributed by atoms with Crippen LogP contribution in [0.4, 0.5) is 4.39 Å². The monoisotopic (exact) mass is 363 g/mol. The van der Waals surface area contributed by atoms with E-state index >= 15 is 0 Å². The Hall–Kier alpha value is -3.25. The lowest BCUT2D eigenvalue weighted by Gasteiger charge is -2.15. The number of aliphatic hydroxyl groups excluding tert-OH is 1. The van der Waals surface area contributed by atoms with Gasteiger partial charge in [-0.05, 0) is 41.1 Å². The van der Waals surface area contributed by atoms with Gasteiger partial charge in [-0.1, -0.05) is 30.3 Å². The lowest BCUT2D eigenvalue weighted by atomic mass is 10.1. The minimum Gasteiger partial charge on any atom is -0.394 e. The normalized spacial score (nSPS) is 12.4. The van der Waals surface area contributed by atoms with Gasteiger partial charge in [0, 0.05) is 12.0 Å². The smallest absolute Gasteiger partial charge is 0.251 e. The highest BCUT2D eigenvalue weighted by Crippen LogP contribution is 2.16. The number of halogens is 1. The molecule has 4 rings (SSSR count). The SMILES string of the molecule is O=C(NC(CO)Cc1nc2ccc(F)cc2[nH]1)c1ccc2ccccc2c1. The van der Waals surface area contributed by atoms with Crippen LogP contribution in [-0.4, -0.2) is 33.6 Å². The number of rotatable bonds is 5. The highest BCUT2D eigenvalue weighted by Gasteiger charge is 2.16. The predicted molar refractivity (Wildman–Crippen MR) is 102 cm³/mol. The highest BCUT2D eigenvalue weighted by atomic mass is 19.1. The molecule has 1 heterocycles. The first-order chi connectivity index (χ1) is 13.1. The maximum absolute atomic E-state index is 13.3. The van der Waals surface area contributed by atoms with Crippen molar-refractivity contribution < 1.29 is 14.3 Å². The number of aliphatic hydroxyl groups is 1. The Morgan fingerprint density at radius 1 is 1.11 bits per heavy atom. The van der Waals surface area contributed by atoms with Crippen molar-refractivity contribution in [2.45, 2.75) is 12.5 Å². The van der Waals surface area contributed by atoms with Crippen molar-refractivity contribution in [2.75, 3.05) is 6.61 Å². The van der Waals surface area contributed by atoms with Crippen LogP contribution in [-0.2, 0) is 6.42 Å². The number of nitrogens with one attached hydrogen (secondary N) is 2. The average Bonchev–Trinajstić information content (AvgIpc) is 3.08. The van der Waals surface area contributed by atoms with Gasteiger partial charge in [0.1, 0.15) is 11.6 Å². The molecule has 1 aromatic heterocycles. The number of H-pyrrole nitrogens is 1. The summed E-state index contributed by atoms with van der Waals surface area (Å²) in [5.41, 5.74) is 1.75. The molecule has 0 aliphatic heterocycles. The van der Waals surface area contributed by atoms with E-state index in [2.05, 4.69) is 15.3 Å². The summed E-state index contributed by atoms with van der Waals surface area (Å²) in [6.45, 7) is -0.231. The van der Waals surface area contributed by atoms with E-state index < -0.39 is 6.04 Å². The molecule has 1 unspecified atom stereocenters. The van der Waals surface area contributed by atoms with Crippen LogP contribution in [0, 0.1) is 5.82 Å². The molecule has 6 heteroatoms. The van der Waals surface area contributed by atoms with E-state index in [1.807, 2.05) is 36.4 Å². The van der Waals surface area contributed by atoms with Crippen LogP contribution in [0.25, 0.3) is 21.8 Å². The first-order valence-electron chi connectivity index (χ1n) is 8.67. The third kappa shape index (κ3) is 3.66. The quantitative estimate of drug-likeness (QED) is 0.510. The van der Waals surface area contributed by atoms with E-state index in [0.29, 0.717) is 28.8 Å². The second-order valence-electron chi connectivity index (χ2n) is 6.46. The maximum atomic E-state index is 13.3. The fraction of sp³-hybridized carbons (Fsp3) is 0.143. The van der Waals surface area contributed by atoms with E-state index in [0.717, 1.165) is 10.8 Å². The number of hydrogen-bond donors (Lipinski definition) is 3. The Morgan fingerprint density at radius 2 is 1.93 bits per heavy atom. The molecule has 0 saturated heterocycles. The minimum atomic E-state index is -0.505. The number of imidazole rings is 1. The number of benzene rings is 3. The van der Waals surface area contributed by atoms with Crippen LogP contribution >= 0.6 is 0 Å². The zero-order chi connectivity index (χ0) is 18.8. The van der Waals surface area contributed by atoms with Gasteiger partial charge in [-0.15, -0.1) is 0 Å². The van der Waals surface area contributed by atoms with E-state index in [4.69, 9.17) is 0 Å². The third-order valence-corrected chi connectivity index (χ3v) is 4.50. The standard InChI is InChI=1S/C21H18FN3O2/c22-16-7-8-18-19(10-16)25-20(24-18)11-17(12-26)23-21(27)15-6-5-13-3-1-2-4-14(13)9-15/h1-10,17,26H,11-12H2,(H,23,27)(H,24,25). The molecule has 0 aliphatic carbocycles. The van der Waals surface area contributed by atoms with Crippen LogP contribution in [0.5, 0.6) is 0 Å². The first kappa shape index (κ1) is 17.2. The number of fused-ring (bicyclic) bond motifs is 2. The Bertz CT molecular complexity index is 1120. The van der Waals surface area contributed by atoms with Gasteiger partial charge in [0.05, 0.1) is 23.7 Å². The van der Waals surface area contributed by atoms with Gasteiger partial charge in [0.2, 0.25) is 0 Å². The zero-order valence-corrected chi connectivity index (χ0v) is 14.4. The van der Waals surface area contributed by atoms with E-state index in [1.54, 1.807) is 12.1 Å². The van der Waals surface area contributed by atoms with Gasteiger partial charge >= 0.3 is 0 Å². The van der Waals surface area contributed by atoms with Crippen molar-refractivity contribution in [1.82, 2.24) is 15.3 Å². The maximum Gasteiger partial charge on any atom is 0.251 e. The minimum absolute atomic E-state index is 0.231. The van der Waals surface area contributed by atoms with Crippen molar-refractivity contribution >= 4 is 27.7 Å². The zero-order valence-electron chi connectivity index (χ0n) is 14.4.